The highest BCUT2D eigenvalue weighted by Gasteiger charge is 2.31. The summed E-state index contributed by atoms with van der Waals surface area (Å²) in [6, 6.07) is 7.82. The average molecular weight is 333 g/mol. The fourth-order valence-corrected chi connectivity index (χ4v) is 4.64. The van der Waals surface area contributed by atoms with E-state index in [9.17, 15) is 8.42 Å². The van der Waals surface area contributed by atoms with Gasteiger partial charge in [0.25, 0.3) is 0 Å². The van der Waals surface area contributed by atoms with Crippen LogP contribution in [0.3, 0.4) is 0 Å². The van der Waals surface area contributed by atoms with E-state index in [-0.39, 0.29) is 11.7 Å². The van der Waals surface area contributed by atoms with Gasteiger partial charge in [0, 0.05) is 5.92 Å². The molecule has 3 rings (SSSR count). The third kappa shape index (κ3) is 3.66. The summed E-state index contributed by atoms with van der Waals surface area (Å²) in [7, 11) is -2.42. The maximum absolute atomic E-state index is 11.0. The van der Waals surface area contributed by atoms with E-state index < -0.39 is 10.7 Å². The van der Waals surface area contributed by atoms with Crippen molar-refractivity contribution < 1.29 is 13.6 Å². The Hall–Kier alpha value is -1.62. The van der Waals surface area contributed by atoms with E-state index in [1.807, 2.05) is 18.2 Å². The molecule has 124 valence electrons. The summed E-state index contributed by atoms with van der Waals surface area (Å²) < 4.78 is 22.0. The number of thiol groups is 1. The molecular weight excluding hydrogens is 310 g/mol. The molecule has 1 unspecified atom stereocenters. The van der Waals surface area contributed by atoms with Crippen molar-refractivity contribution in [3.8, 4) is 0 Å². The molecule has 1 saturated carbocycles. The highest BCUT2D eigenvalue weighted by Crippen LogP contribution is 2.46. The van der Waals surface area contributed by atoms with Crippen LogP contribution in [0.25, 0.3) is 5.57 Å². The van der Waals surface area contributed by atoms with E-state index in [1.54, 1.807) is 6.21 Å². The molecule has 1 aromatic carbocycles. The third-order valence-electron chi connectivity index (χ3n) is 5.09. The van der Waals surface area contributed by atoms with Crippen molar-refractivity contribution in [1.29, 1.82) is 0 Å². The minimum absolute atomic E-state index is 0.0774. The molecule has 0 bridgehead atoms. The molecule has 5 heteroatoms. The Labute approximate surface area is 138 Å². The number of hydrogen-bond acceptors (Lipinski definition) is 4. The van der Waals surface area contributed by atoms with Crippen LogP contribution in [0.15, 0.2) is 35.0 Å². The Kier molecular flexibility index (Phi) is 5.16. The molecular formula is C18H23NO3S. The van der Waals surface area contributed by atoms with Crippen LogP contribution in [0, 0.1) is 11.8 Å². The lowest BCUT2D eigenvalue weighted by molar-refractivity contribution is 0.319. The topological polar surface area (TPSA) is 66.7 Å². The standard InChI is InChI=1S/C18H23NO3S/c20-19-11-16-8-9-17(14-5-1-2-6-14)18(16)15-7-3-4-13(10-15)12-23(21)22/h3-4,7,10-11,14,16,20,23H,1-2,5-6,8-9,12H2. The lowest BCUT2D eigenvalue weighted by atomic mass is 9.88. The van der Waals surface area contributed by atoms with Crippen LogP contribution in [-0.4, -0.2) is 19.8 Å². The Morgan fingerprint density at radius 2 is 2.00 bits per heavy atom. The van der Waals surface area contributed by atoms with Crippen LogP contribution >= 0.6 is 0 Å². The summed E-state index contributed by atoms with van der Waals surface area (Å²) in [5.41, 5.74) is 4.67. The van der Waals surface area contributed by atoms with Gasteiger partial charge in [-0.1, -0.05) is 42.7 Å². The van der Waals surface area contributed by atoms with E-state index in [4.69, 9.17) is 5.21 Å². The number of nitrogens with zero attached hydrogens (tertiary/aromatic N) is 1. The zero-order chi connectivity index (χ0) is 16.2. The van der Waals surface area contributed by atoms with E-state index in [1.165, 1.54) is 36.8 Å². The lowest BCUT2D eigenvalue weighted by Crippen LogP contribution is -2.04. The quantitative estimate of drug-likeness (QED) is 0.374. The van der Waals surface area contributed by atoms with Crippen LogP contribution in [0.1, 0.15) is 49.7 Å². The van der Waals surface area contributed by atoms with Crippen LogP contribution < -0.4 is 0 Å². The van der Waals surface area contributed by atoms with Crippen molar-refractivity contribution >= 4 is 22.5 Å². The summed E-state index contributed by atoms with van der Waals surface area (Å²) in [4.78, 5) is 0. The molecule has 0 aromatic heterocycles. The predicted molar refractivity (Wildman–Crippen MR) is 92.3 cm³/mol. The van der Waals surface area contributed by atoms with Gasteiger partial charge in [-0.3, -0.25) is 0 Å². The van der Waals surface area contributed by atoms with Gasteiger partial charge in [-0.25, -0.2) is 8.42 Å². The van der Waals surface area contributed by atoms with Gasteiger partial charge in [-0.15, -0.1) is 5.16 Å². The van der Waals surface area contributed by atoms with E-state index in [2.05, 4.69) is 11.2 Å². The summed E-state index contributed by atoms with van der Waals surface area (Å²) in [6.45, 7) is 0. The molecule has 1 aromatic rings. The monoisotopic (exact) mass is 333 g/mol. The molecule has 23 heavy (non-hydrogen) atoms. The second-order valence-corrected chi connectivity index (χ2v) is 7.50. The first-order chi connectivity index (χ1) is 11.2. The first-order valence-electron chi connectivity index (χ1n) is 8.30. The molecule has 0 spiro atoms. The van der Waals surface area contributed by atoms with Crippen molar-refractivity contribution in [1.82, 2.24) is 0 Å². The minimum Gasteiger partial charge on any atom is -0.411 e. The molecule has 0 heterocycles. The SMILES string of the molecule is O=[SH](=O)Cc1cccc(C2=C(C3CCCC3)CCC2C=NO)c1. The summed E-state index contributed by atoms with van der Waals surface area (Å²) in [6.07, 6.45) is 8.72. The van der Waals surface area contributed by atoms with Gasteiger partial charge in [-0.2, -0.15) is 0 Å². The predicted octanol–water partition coefficient (Wildman–Crippen LogP) is 3.61. The molecule has 2 aliphatic rings. The Morgan fingerprint density at radius 3 is 2.70 bits per heavy atom. The van der Waals surface area contributed by atoms with E-state index in [0.29, 0.717) is 5.92 Å². The van der Waals surface area contributed by atoms with Crippen molar-refractivity contribution in [2.75, 3.05) is 0 Å². The van der Waals surface area contributed by atoms with Gasteiger partial charge >= 0.3 is 0 Å². The molecule has 1 atom stereocenters. The van der Waals surface area contributed by atoms with Gasteiger partial charge in [0.05, 0.1) is 12.0 Å². The van der Waals surface area contributed by atoms with E-state index in [0.717, 1.165) is 24.0 Å². The zero-order valence-corrected chi connectivity index (χ0v) is 14.0. The summed E-state index contributed by atoms with van der Waals surface area (Å²) in [5, 5.41) is 12.3. The number of rotatable bonds is 5. The highest BCUT2D eigenvalue weighted by molar-refractivity contribution is 7.71. The van der Waals surface area contributed by atoms with Crippen molar-refractivity contribution in [3.63, 3.8) is 0 Å². The lowest BCUT2D eigenvalue weighted by Gasteiger charge is -2.17. The fourth-order valence-electron chi connectivity index (χ4n) is 4.14. The maximum atomic E-state index is 11.0. The van der Waals surface area contributed by atoms with Crippen LogP contribution in [0.2, 0.25) is 0 Å². The van der Waals surface area contributed by atoms with Crippen molar-refractivity contribution in [3.05, 3.63) is 41.0 Å². The molecule has 0 amide bonds. The van der Waals surface area contributed by atoms with Gasteiger partial charge in [0.15, 0.2) is 0 Å². The Morgan fingerprint density at radius 1 is 1.22 bits per heavy atom. The van der Waals surface area contributed by atoms with Crippen molar-refractivity contribution in [2.45, 2.75) is 44.3 Å². The van der Waals surface area contributed by atoms with E-state index >= 15 is 0 Å². The first kappa shape index (κ1) is 16.2. The van der Waals surface area contributed by atoms with Gasteiger partial charge < -0.3 is 5.21 Å². The molecule has 0 aliphatic heterocycles. The normalized spacial score (nSPS) is 22.7. The smallest absolute Gasteiger partial charge is 0.144 e. The number of hydrogen-bond donors (Lipinski definition) is 2. The van der Waals surface area contributed by atoms with Crippen LogP contribution in [0.4, 0.5) is 0 Å². The molecule has 0 saturated heterocycles. The zero-order valence-electron chi connectivity index (χ0n) is 13.1. The molecule has 1 fully saturated rings. The summed E-state index contributed by atoms with van der Waals surface area (Å²) >= 11 is 0. The Bertz CT molecular complexity index is 692. The van der Waals surface area contributed by atoms with Crippen LogP contribution in [0.5, 0.6) is 0 Å². The number of benzene rings is 1. The third-order valence-corrected chi connectivity index (χ3v) is 5.71. The minimum atomic E-state index is -2.42. The van der Waals surface area contributed by atoms with Crippen molar-refractivity contribution in [2.24, 2.45) is 17.0 Å². The molecule has 4 nitrogen and oxygen atoms in total. The average Bonchev–Trinajstić information content (AvgIpc) is 3.16. The number of allylic oxidation sites excluding steroid dienone is 2. The number of oxime groups is 1. The largest absolute Gasteiger partial charge is 0.411 e. The second-order valence-electron chi connectivity index (χ2n) is 6.52. The van der Waals surface area contributed by atoms with Gasteiger partial charge in [0.1, 0.15) is 10.7 Å². The van der Waals surface area contributed by atoms with Gasteiger partial charge in [0.2, 0.25) is 0 Å². The van der Waals surface area contributed by atoms with Crippen LogP contribution in [-0.2, 0) is 16.5 Å². The summed E-state index contributed by atoms with van der Waals surface area (Å²) in [5.74, 6) is 0.849. The molecule has 0 radical (unpaired) electrons. The van der Waals surface area contributed by atoms with Gasteiger partial charge in [-0.05, 0) is 48.3 Å². The molecule has 1 N–H and O–H groups in total. The fraction of sp³-hybridized carbons (Fsp3) is 0.500. The molecule has 2 aliphatic carbocycles. The highest BCUT2D eigenvalue weighted by atomic mass is 32.2. The first-order valence-corrected chi connectivity index (χ1v) is 9.67. The second kappa shape index (κ2) is 7.30. The maximum Gasteiger partial charge on any atom is 0.144 e. The Balaban J connectivity index is 2.01.